The molecule has 0 aliphatic heterocycles. The van der Waals surface area contributed by atoms with Crippen molar-refractivity contribution < 1.29 is 5.11 Å². The molecule has 0 unspecified atom stereocenters. The topological polar surface area (TPSA) is 68.7 Å². The molecule has 2 aromatic carbocycles. The molecule has 0 aliphatic rings. The molecule has 2 rings (SSSR count). The van der Waals surface area contributed by atoms with Crippen molar-refractivity contribution in [3.05, 3.63) is 53.1 Å². The lowest BCUT2D eigenvalue weighted by molar-refractivity contribution is 0.470. The van der Waals surface area contributed by atoms with Crippen molar-refractivity contribution in [2.24, 2.45) is 10.2 Å². The number of nitriles is 1. The first kappa shape index (κ1) is 12.8. The van der Waals surface area contributed by atoms with Crippen molar-refractivity contribution in [1.82, 2.24) is 0 Å². The first-order valence-electron chi connectivity index (χ1n) is 5.83. The minimum Gasteiger partial charge on any atom is -0.508 e. The monoisotopic (exact) mass is 251 g/mol. The maximum atomic E-state index is 9.56. The summed E-state index contributed by atoms with van der Waals surface area (Å²) < 4.78 is 0. The second kappa shape index (κ2) is 5.32. The molecule has 0 amide bonds. The highest BCUT2D eigenvalue weighted by molar-refractivity contribution is 5.54. The standard InChI is InChI=1S/C15H13N3O/c1-10-11(2)15(19)8-7-14(10)18-17-13-5-3-12(9-16)4-6-13/h3-8,19H,1-2H3. The first-order valence-corrected chi connectivity index (χ1v) is 5.83. The number of phenolic OH excluding ortho intramolecular Hbond substituents is 1. The van der Waals surface area contributed by atoms with Crippen LogP contribution in [-0.2, 0) is 0 Å². The fourth-order valence-corrected chi connectivity index (χ4v) is 1.61. The second-order valence-electron chi connectivity index (χ2n) is 4.21. The van der Waals surface area contributed by atoms with Crippen molar-refractivity contribution in [3.8, 4) is 11.8 Å². The van der Waals surface area contributed by atoms with Crippen LogP contribution in [-0.4, -0.2) is 5.11 Å². The van der Waals surface area contributed by atoms with Gasteiger partial charge in [-0.1, -0.05) is 0 Å². The number of benzene rings is 2. The van der Waals surface area contributed by atoms with E-state index in [2.05, 4.69) is 16.3 Å². The second-order valence-corrected chi connectivity index (χ2v) is 4.21. The molecule has 0 radical (unpaired) electrons. The van der Waals surface area contributed by atoms with Crippen LogP contribution in [0.3, 0.4) is 0 Å². The molecule has 4 heteroatoms. The molecule has 4 nitrogen and oxygen atoms in total. The van der Waals surface area contributed by atoms with Crippen molar-refractivity contribution in [2.45, 2.75) is 13.8 Å². The number of hydrogen-bond donors (Lipinski definition) is 1. The molecule has 0 spiro atoms. The quantitative estimate of drug-likeness (QED) is 0.808. The summed E-state index contributed by atoms with van der Waals surface area (Å²) in [5.41, 5.74) is 3.70. The zero-order valence-corrected chi connectivity index (χ0v) is 10.8. The van der Waals surface area contributed by atoms with Gasteiger partial charge in [0.1, 0.15) is 5.75 Å². The summed E-state index contributed by atoms with van der Waals surface area (Å²) in [6.07, 6.45) is 0. The van der Waals surface area contributed by atoms with Gasteiger partial charge in [0, 0.05) is 0 Å². The Morgan fingerprint density at radius 2 is 1.63 bits per heavy atom. The summed E-state index contributed by atoms with van der Waals surface area (Å²) in [6, 6.07) is 12.3. The van der Waals surface area contributed by atoms with Gasteiger partial charge in [0.15, 0.2) is 0 Å². The van der Waals surface area contributed by atoms with Gasteiger partial charge in [-0.3, -0.25) is 0 Å². The van der Waals surface area contributed by atoms with Crippen molar-refractivity contribution in [2.75, 3.05) is 0 Å². The predicted octanol–water partition coefficient (Wildman–Crippen LogP) is 4.30. The van der Waals surface area contributed by atoms with Gasteiger partial charge < -0.3 is 5.11 Å². The van der Waals surface area contributed by atoms with E-state index >= 15 is 0 Å². The number of azo groups is 1. The predicted molar refractivity (Wildman–Crippen MR) is 72.9 cm³/mol. The molecule has 0 bridgehead atoms. The van der Waals surface area contributed by atoms with Crippen LogP contribution in [0, 0.1) is 25.2 Å². The van der Waals surface area contributed by atoms with E-state index in [9.17, 15) is 5.11 Å². The lowest BCUT2D eigenvalue weighted by Gasteiger charge is -2.05. The van der Waals surface area contributed by atoms with Crippen molar-refractivity contribution in [3.63, 3.8) is 0 Å². The molecule has 2 aromatic rings. The molecule has 0 aromatic heterocycles. The first-order chi connectivity index (χ1) is 9.11. The molecule has 0 saturated heterocycles. The zero-order chi connectivity index (χ0) is 13.8. The molecule has 94 valence electrons. The van der Waals surface area contributed by atoms with Gasteiger partial charge in [-0.25, -0.2) is 0 Å². The fraction of sp³-hybridized carbons (Fsp3) is 0.133. The minimum absolute atomic E-state index is 0.259. The van der Waals surface area contributed by atoms with Crippen LogP contribution in [0.2, 0.25) is 0 Å². The molecule has 0 atom stereocenters. The molecule has 0 saturated carbocycles. The Kier molecular flexibility index (Phi) is 3.58. The molecule has 0 fully saturated rings. The Balaban J connectivity index is 2.28. The number of nitrogens with zero attached hydrogens (tertiary/aromatic N) is 3. The maximum absolute atomic E-state index is 9.56. The highest BCUT2D eigenvalue weighted by atomic mass is 16.3. The highest BCUT2D eigenvalue weighted by Crippen LogP contribution is 2.29. The van der Waals surface area contributed by atoms with E-state index in [1.54, 1.807) is 36.4 Å². The van der Waals surface area contributed by atoms with Gasteiger partial charge in [-0.05, 0) is 61.4 Å². The molecular formula is C15H13N3O. The van der Waals surface area contributed by atoms with Crippen LogP contribution >= 0.6 is 0 Å². The van der Waals surface area contributed by atoms with E-state index in [0.29, 0.717) is 11.3 Å². The van der Waals surface area contributed by atoms with E-state index in [-0.39, 0.29) is 5.75 Å². The van der Waals surface area contributed by atoms with E-state index in [4.69, 9.17) is 5.26 Å². The average molecular weight is 251 g/mol. The summed E-state index contributed by atoms with van der Waals surface area (Å²) in [6.45, 7) is 3.73. The van der Waals surface area contributed by atoms with Gasteiger partial charge in [-0.2, -0.15) is 15.5 Å². The van der Waals surface area contributed by atoms with Crippen LogP contribution in [0.4, 0.5) is 11.4 Å². The SMILES string of the molecule is Cc1c(O)ccc(N=Nc2ccc(C#N)cc2)c1C. The summed E-state index contributed by atoms with van der Waals surface area (Å²) in [7, 11) is 0. The number of hydrogen-bond acceptors (Lipinski definition) is 4. The summed E-state index contributed by atoms with van der Waals surface area (Å²) >= 11 is 0. The Labute approximate surface area is 111 Å². The molecule has 0 aliphatic carbocycles. The van der Waals surface area contributed by atoms with Gasteiger partial charge in [0.2, 0.25) is 0 Å². The van der Waals surface area contributed by atoms with E-state index < -0.39 is 0 Å². The van der Waals surface area contributed by atoms with E-state index in [1.807, 2.05) is 13.8 Å². The van der Waals surface area contributed by atoms with E-state index in [0.717, 1.165) is 16.8 Å². The zero-order valence-electron chi connectivity index (χ0n) is 10.8. The summed E-state index contributed by atoms with van der Waals surface area (Å²) in [4.78, 5) is 0. The molecule has 19 heavy (non-hydrogen) atoms. The van der Waals surface area contributed by atoms with Crippen LogP contribution in [0.1, 0.15) is 16.7 Å². The summed E-state index contributed by atoms with van der Waals surface area (Å²) in [5.74, 6) is 0.259. The smallest absolute Gasteiger partial charge is 0.118 e. The van der Waals surface area contributed by atoms with Crippen molar-refractivity contribution >= 4 is 11.4 Å². The Morgan fingerprint density at radius 3 is 2.26 bits per heavy atom. The van der Waals surface area contributed by atoms with Crippen molar-refractivity contribution in [1.29, 1.82) is 5.26 Å². The van der Waals surface area contributed by atoms with Crippen LogP contribution in [0.25, 0.3) is 0 Å². The van der Waals surface area contributed by atoms with Gasteiger partial charge >= 0.3 is 0 Å². The Morgan fingerprint density at radius 1 is 0.947 bits per heavy atom. The van der Waals surface area contributed by atoms with Gasteiger partial charge in [0.05, 0.1) is 23.0 Å². The molecule has 0 heterocycles. The Bertz CT molecular complexity index is 667. The number of rotatable bonds is 2. The van der Waals surface area contributed by atoms with E-state index in [1.165, 1.54) is 0 Å². The fourth-order valence-electron chi connectivity index (χ4n) is 1.61. The third-order valence-electron chi connectivity index (χ3n) is 3.00. The number of phenols is 1. The third-order valence-corrected chi connectivity index (χ3v) is 3.00. The lowest BCUT2D eigenvalue weighted by Crippen LogP contribution is -1.81. The van der Waals surface area contributed by atoms with Gasteiger partial charge in [0.25, 0.3) is 0 Å². The normalized spacial score (nSPS) is 10.6. The summed E-state index contributed by atoms with van der Waals surface area (Å²) in [5, 5.41) is 26.5. The minimum atomic E-state index is 0.259. The molecule has 1 N–H and O–H groups in total. The van der Waals surface area contributed by atoms with Crippen LogP contribution in [0.5, 0.6) is 5.75 Å². The number of aromatic hydroxyl groups is 1. The average Bonchev–Trinajstić information content (AvgIpc) is 2.45. The largest absolute Gasteiger partial charge is 0.508 e. The maximum Gasteiger partial charge on any atom is 0.118 e. The lowest BCUT2D eigenvalue weighted by atomic mass is 10.1. The highest BCUT2D eigenvalue weighted by Gasteiger charge is 2.04. The van der Waals surface area contributed by atoms with Crippen LogP contribution < -0.4 is 0 Å². The third kappa shape index (κ3) is 2.78. The Hall–Kier alpha value is -2.67. The molecular weight excluding hydrogens is 238 g/mol. The van der Waals surface area contributed by atoms with Crippen LogP contribution in [0.15, 0.2) is 46.6 Å². The van der Waals surface area contributed by atoms with Gasteiger partial charge in [-0.15, -0.1) is 0 Å².